The second-order valence-corrected chi connectivity index (χ2v) is 4.73. The van der Waals surface area contributed by atoms with Gasteiger partial charge in [0.1, 0.15) is 0 Å². The minimum absolute atomic E-state index is 0.140. The van der Waals surface area contributed by atoms with Gasteiger partial charge in [-0.1, -0.05) is 30.3 Å². The van der Waals surface area contributed by atoms with E-state index in [-0.39, 0.29) is 11.8 Å². The predicted molar refractivity (Wildman–Crippen MR) is 70.6 cm³/mol. The zero-order valence-corrected chi connectivity index (χ0v) is 10.6. The number of carbonyl (C=O) groups excluding carboxylic acids is 1. The third-order valence-corrected chi connectivity index (χ3v) is 3.33. The number of carboxylic acid groups (broad SMARTS) is 1. The number of nitrogens with one attached hydrogen (secondary N) is 2. The number of rotatable bonds is 4. The van der Waals surface area contributed by atoms with Crippen molar-refractivity contribution in [1.29, 1.82) is 0 Å². The summed E-state index contributed by atoms with van der Waals surface area (Å²) in [5.41, 5.74) is 0.590. The van der Waals surface area contributed by atoms with Crippen LogP contribution in [0.2, 0.25) is 0 Å². The number of carboxylic acids is 1. The van der Waals surface area contributed by atoms with Crippen LogP contribution in [0.15, 0.2) is 30.3 Å². The SMILES string of the molecule is O=C(N[C@H](C(=O)O)c1ccccc1)[C@@H]1CCCNC1. The van der Waals surface area contributed by atoms with Gasteiger partial charge in [0.15, 0.2) is 6.04 Å². The number of aliphatic carboxylic acids is 1. The molecular weight excluding hydrogens is 244 g/mol. The van der Waals surface area contributed by atoms with Gasteiger partial charge in [-0.05, 0) is 24.9 Å². The molecule has 1 heterocycles. The summed E-state index contributed by atoms with van der Waals surface area (Å²) in [6.07, 6.45) is 1.75. The maximum absolute atomic E-state index is 12.1. The van der Waals surface area contributed by atoms with Gasteiger partial charge in [-0.25, -0.2) is 4.79 Å². The lowest BCUT2D eigenvalue weighted by molar-refractivity contribution is -0.142. The highest BCUT2D eigenvalue weighted by Gasteiger charge is 2.27. The van der Waals surface area contributed by atoms with Crippen molar-refractivity contribution >= 4 is 11.9 Å². The minimum atomic E-state index is -1.04. The molecule has 5 nitrogen and oxygen atoms in total. The molecule has 102 valence electrons. The first-order chi connectivity index (χ1) is 9.18. The smallest absolute Gasteiger partial charge is 0.330 e. The Morgan fingerprint density at radius 1 is 1.32 bits per heavy atom. The normalized spacial score (nSPS) is 20.5. The largest absolute Gasteiger partial charge is 0.479 e. The Morgan fingerprint density at radius 3 is 2.63 bits per heavy atom. The molecule has 2 atom stereocenters. The second-order valence-electron chi connectivity index (χ2n) is 4.73. The average Bonchev–Trinajstić information content (AvgIpc) is 2.46. The monoisotopic (exact) mass is 262 g/mol. The van der Waals surface area contributed by atoms with Crippen LogP contribution in [-0.2, 0) is 9.59 Å². The van der Waals surface area contributed by atoms with Crippen LogP contribution < -0.4 is 10.6 Å². The van der Waals surface area contributed by atoms with Crippen molar-refractivity contribution in [3.63, 3.8) is 0 Å². The molecule has 0 radical (unpaired) electrons. The van der Waals surface area contributed by atoms with Gasteiger partial charge >= 0.3 is 5.97 Å². The van der Waals surface area contributed by atoms with E-state index in [9.17, 15) is 14.7 Å². The van der Waals surface area contributed by atoms with Crippen LogP contribution in [0.5, 0.6) is 0 Å². The van der Waals surface area contributed by atoms with Gasteiger partial charge in [0.05, 0.1) is 5.92 Å². The molecule has 1 amide bonds. The zero-order valence-electron chi connectivity index (χ0n) is 10.6. The first-order valence-corrected chi connectivity index (χ1v) is 6.47. The molecule has 0 aliphatic carbocycles. The fourth-order valence-electron chi connectivity index (χ4n) is 2.27. The Balaban J connectivity index is 2.04. The fraction of sp³-hybridized carbons (Fsp3) is 0.429. The Bertz CT molecular complexity index is 441. The maximum Gasteiger partial charge on any atom is 0.330 e. The predicted octanol–water partition coefficient (Wildman–Crippen LogP) is 0.928. The number of piperidine rings is 1. The van der Waals surface area contributed by atoms with Crippen LogP contribution in [0.3, 0.4) is 0 Å². The minimum Gasteiger partial charge on any atom is -0.479 e. The third-order valence-electron chi connectivity index (χ3n) is 3.33. The first kappa shape index (κ1) is 13.5. The summed E-state index contributed by atoms with van der Waals surface area (Å²) < 4.78 is 0. The number of hydrogen-bond acceptors (Lipinski definition) is 3. The summed E-state index contributed by atoms with van der Waals surface area (Å²) in [7, 11) is 0. The van der Waals surface area contributed by atoms with E-state index in [1.54, 1.807) is 24.3 Å². The number of hydrogen-bond donors (Lipinski definition) is 3. The molecule has 1 fully saturated rings. The van der Waals surface area contributed by atoms with Crippen molar-refractivity contribution in [2.45, 2.75) is 18.9 Å². The molecule has 0 bridgehead atoms. The van der Waals surface area contributed by atoms with Crippen molar-refractivity contribution in [3.8, 4) is 0 Å². The van der Waals surface area contributed by atoms with Gasteiger partial charge in [-0.15, -0.1) is 0 Å². The third kappa shape index (κ3) is 3.54. The van der Waals surface area contributed by atoms with Gasteiger partial charge in [0.2, 0.25) is 5.91 Å². The highest BCUT2D eigenvalue weighted by molar-refractivity contribution is 5.86. The molecule has 0 unspecified atom stereocenters. The molecule has 1 aromatic rings. The maximum atomic E-state index is 12.1. The molecule has 1 aromatic carbocycles. The van der Waals surface area contributed by atoms with E-state index in [1.165, 1.54) is 0 Å². The number of benzene rings is 1. The molecule has 1 aliphatic rings. The quantitative estimate of drug-likeness (QED) is 0.754. The van der Waals surface area contributed by atoms with E-state index in [1.807, 2.05) is 6.07 Å². The second kappa shape index (κ2) is 6.33. The van der Waals surface area contributed by atoms with Crippen LogP contribution in [0.25, 0.3) is 0 Å². The molecule has 5 heteroatoms. The highest BCUT2D eigenvalue weighted by Crippen LogP contribution is 2.16. The van der Waals surface area contributed by atoms with Gasteiger partial charge in [0.25, 0.3) is 0 Å². The van der Waals surface area contributed by atoms with Gasteiger partial charge in [-0.2, -0.15) is 0 Å². The summed E-state index contributed by atoms with van der Waals surface area (Å²) >= 11 is 0. The number of amides is 1. The van der Waals surface area contributed by atoms with Gasteiger partial charge in [-0.3, -0.25) is 4.79 Å². The summed E-state index contributed by atoms with van der Waals surface area (Å²) in [5, 5.41) is 15.0. The lowest BCUT2D eigenvalue weighted by Gasteiger charge is -2.24. The summed E-state index contributed by atoms with van der Waals surface area (Å²) in [5.74, 6) is -1.37. The molecule has 2 rings (SSSR count). The molecular formula is C14H18N2O3. The van der Waals surface area contributed by atoms with E-state index in [2.05, 4.69) is 10.6 Å². The Kier molecular flexibility index (Phi) is 4.52. The lowest BCUT2D eigenvalue weighted by Crippen LogP contribution is -2.43. The lowest BCUT2D eigenvalue weighted by atomic mass is 9.97. The topological polar surface area (TPSA) is 78.4 Å². The first-order valence-electron chi connectivity index (χ1n) is 6.47. The fourth-order valence-corrected chi connectivity index (χ4v) is 2.27. The number of carbonyl (C=O) groups is 2. The molecule has 0 spiro atoms. The average molecular weight is 262 g/mol. The Labute approximate surface area is 112 Å². The van der Waals surface area contributed by atoms with Crippen LogP contribution in [0.1, 0.15) is 24.4 Å². The molecule has 1 saturated heterocycles. The van der Waals surface area contributed by atoms with E-state index >= 15 is 0 Å². The van der Waals surface area contributed by atoms with E-state index in [0.717, 1.165) is 19.4 Å². The van der Waals surface area contributed by atoms with Crippen molar-refractivity contribution in [3.05, 3.63) is 35.9 Å². The van der Waals surface area contributed by atoms with Gasteiger partial charge < -0.3 is 15.7 Å². The van der Waals surface area contributed by atoms with Crippen molar-refractivity contribution < 1.29 is 14.7 Å². The molecule has 1 aliphatic heterocycles. The molecule has 19 heavy (non-hydrogen) atoms. The molecule has 0 saturated carbocycles. The van der Waals surface area contributed by atoms with Crippen LogP contribution in [0.4, 0.5) is 0 Å². The summed E-state index contributed by atoms with van der Waals surface area (Å²) in [6, 6.07) is 7.78. The van der Waals surface area contributed by atoms with E-state index < -0.39 is 12.0 Å². The van der Waals surface area contributed by atoms with Crippen LogP contribution in [-0.4, -0.2) is 30.1 Å². The van der Waals surface area contributed by atoms with E-state index in [0.29, 0.717) is 12.1 Å². The van der Waals surface area contributed by atoms with Crippen molar-refractivity contribution in [2.24, 2.45) is 5.92 Å². The summed E-state index contributed by atoms with van der Waals surface area (Å²) in [6.45, 7) is 1.54. The Morgan fingerprint density at radius 2 is 2.05 bits per heavy atom. The van der Waals surface area contributed by atoms with E-state index in [4.69, 9.17) is 0 Å². The van der Waals surface area contributed by atoms with Gasteiger partial charge in [0, 0.05) is 6.54 Å². The van der Waals surface area contributed by atoms with Crippen molar-refractivity contribution in [1.82, 2.24) is 10.6 Å². The summed E-state index contributed by atoms with van der Waals surface area (Å²) in [4.78, 5) is 23.4. The zero-order chi connectivity index (χ0) is 13.7. The van der Waals surface area contributed by atoms with Crippen LogP contribution >= 0.6 is 0 Å². The highest BCUT2D eigenvalue weighted by atomic mass is 16.4. The standard InChI is InChI=1S/C14H18N2O3/c17-13(11-7-4-8-15-9-11)16-12(14(18)19)10-5-2-1-3-6-10/h1-3,5-6,11-12,15H,4,7-9H2,(H,16,17)(H,18,19)/t11-,12+/m1/s1. The van der Waals surface area contributed by atoms with Crippen LogP contribution in [0, 0.1) is 5.92 Å². The van der Waals surface area contributed by atoms with Crippen molar-refractivity contribution in [2.75, 3.05) is 13.1 Å². The molecule has 0 aromatic heterocycles. The Hall–Kier alpha value is -1.88. The molecule has 3 N–H and O–H groups in total.